The average Bonchev–Trinajstić information content (AvgIpc) is 2.42. The standard InChI is InChI=1S/C14H18F2N2O3/c1-12(2)5-6-13(17,14(15,16)8-19)11-7-9(18(20)21)3-4-10(11)12/h3-4,7,19H,5-6,8,17H2,1-2H3. The van der Waals surface area contributed by atoms with Gasteiger partial charge in [-0.2, -0.15) is 0 Å². The number of benzene rings is 1. The van der Waals surface area contributed by atoms with Gasteiger partial charge in [-0.25, -0.2) is 8.78 Å². The zero-order valence-corrected chi connectivity index (χ0v) is 11.9. The van der Waals surface area contributed by atoms with Crippen LogP contribution in [0.5, 0.6) is 0 Å². The van der Waals surface area contributed by atoms with Crippen LogP contribution < -0.4 is 5.73 Å². The molecule has 0 saturated carbocycles. The molecule has 7 heteroatoms. The second-order valence-corrected chi connectivity index (χ2v) is 6.20. The third kappa shape index (κ3) is 2.30. The molecule has 0 amide bonds. The summed E-state index contributed by atoms with van der Waals surface area (Å²) in [6, 6.07) is 3.89. The van der Waals surface area contributed by atoms with E-state index in [2.05, 4.69) is 0 Å². The molecule has 1 aliphatic carbocycles. The van der Waals surface area contributed by atoms with Crippen molar-refractivity contribution < 1.29 is 18.8 Å². The highest BCUT2D eigenvalue weighted by molar-refractivity contribution is 5.49. The first-order valence-corrected chi connectivity index (χ1v) is 6.62. The van der Waals surface area contributed by atoms with Gasteiger partial charge in [0, 0.05) is 12.1 Å². The monoisotopic (exact) mass is 300 g/mol. The van der Waals surface area contributed by atoms with Crippen molar-refractivity contribution in [2.75, 3.05) is 6.61 Å². The van der Waals surface area contributed by atoms with Crippen LogP contribution in [-0.4, -0.2) is 22.6 Å². The highest BCUT2D eigenvalue weighted by atomic mass is 19.3. The van der Waals surface area contributed by atoms with E-state index in [0.29, 0.717) is 12.0 Å². The Morgan fingerprint density at radius 3 is 2.52 bits per heavy atom. The summed E-state index contributed by atoms with van der Waals surface area (Å²) in [5.74, 6) is -3.55. The first-order valence-electron chi connectivity index (χ1n) is 6.62. The number of fused-ring (bicyclic) bond motifs is 1. The van der Waals surface area contributed by atoms with E-state index in [4.69, 9.17) is 10.8 Å². The molecular weight excluding hydrogens is 282 g/mol. The van der Waals surface area contributed by atoms with Crippen molar-refractivity contribution in [1.29, 1.82) is 0 Å². The molecule has 0 fully saturated rings. The predicted molar refractivity (Wildman–Crippen MR) is 73.3 cm³/mol. The van der Waals surface area contributed by atoms with Gasteiger partial charge in [-0.1, -0.05) is 19.9 Å². The van der Waals surface area contributed by atoms with E-state index in [-0.39, 0.29) is 17.7 Å². The van der Waals surface area contributed by atoms with Crippen molar-refractivity contribution >= 4 is 5.69 Å². The third-order valence-corrected chi connectivity index (χ3v) is 4.42. The topological polar surface area (TPSA) is 89.4 Å². The van der Waals surface area contributed by atoms with Gasteiger partial charge in [-0.3, -0.25) is 10.1 Å². The van der Waals surface area contributed by atoms with Gasteiger partial charge in [0.05, 0.1) is 4.92 Å². The minimum atomic E-state index is -3.55. The number of nitrogens with two attached hydrogens (primary N) is 1. The van der Waals surface area contributed by atoms with Crippen molar-refractivity contribution in [3.63, 3.8) is 0 Å². The number of nitro groups is 1. The Morgan fingerprint density at radius 2 is 2.00 bits per heavy atom. The van der Waals surface area contributed by atoms with E-state index >= 15 is 0 Å². The fraction of sp³-hybridized carbons (Fsp3) is 0.571. The number of halogens is 2. The van der Waals surface area contributed by atoms with Crippen molar-refractivity contribution in [1.82, 2.24) is 0 Å². The number of rotatable bonds is 3. The molecule has 1 aliphatic rings. The summed E-state index contributed by atoms with van der Waals surface area (Å²) in [7, 11) is 0. The summed E-state index contributed by atoms with van der Waals surface area (Å²) >= 11 is 0. The van der Waals surface area contributed by atoms with Crippen LogP contribution in [0, 0.1) is 10.1 Å². The number of hydrogen-bond acceptors (Lipinski definition) is 4. The van der Waals surface area contributed by atoms with Crippen LogP contribution in [0.25, 0.3) is 0 Å². The largest absolute Gasteiger partial charge is 0.390 e. The maximum Gasteiger partial charge on any atom is 0.292 e. The van der Waals surface area contributed by atoms with Crippen LogP contribution in [0.3, 0.4) is 0 Å². The smallest absolute Gasteiger partial charge is 0.292 e. The molecule has 1 atom stereocenters. The quantitative estimate of drug-likeness (QED) is 0.663. The number of hydrogen-bond donors (Lipinski definition) is 2. The van der Waals surface area contributed by atoms with E-state index in [1.54, 1.807) is 0 Å². The molecule has 0 aliphatic heterocycles. The number of nitro benzene ring substituents is 1. The minimum absolute atomic E-state index is 0.0481. The maximum absolute atomic E-state index is 14.1. The summed E-state index contributed by atoms with van der Waals surface area (Å²) < 4.78 is 28.3. The van der Waals surface area contributed by atoms with E-state index in [1.165, 1.54) is 12.1 Å². The first kappa shape index (κ1) is 15.8. The first-order chi connectivity index (χ1) is 9.55. The SMILES string of the molecule is CC1(C)CCC(N)(C(F)(F)CO)c2cc([N+](=O)[O-])ccc21. The normalized spacial score (nSPS) is 24.5. The van der Waals surface area contributed by atoms with Crippen LogP contribution in [0.2, 0.25) is 0 Å². The predicted octanol–water partition coefficient (Wildman–Crippen LogP) is 2.45. The lowest BCUT2D eigenvalue weighted by Gasteiger charge is -2.46. The van der Waals surface area contributed by atoms with Gasteiger partial charge in [0.15, 0.2) is 0 Å². The molecule has 21 heavy (non-hydrogen) atoms. The van der Waals surface area contributed by atoms with Crippen molar-refractivity contribution in [3.8, 4) is 0 Å². The van der Waals surface area contributed by atoms with E-state index in [1.807, 2.05) is 13.8 Å². The van der Waals surface area contributed by atoms with Gasteiger partial charge in [0.2, 0.25) is 0 Å². The Bertz CT molecular complexity index is 590. The van der Waals surface area contributed by atoms with Crippen LogP contribution in [0.4, 0.5) is 14.5 Å². The lowest BCUT2D eigenvalue weighted by molar-refractivity contribution is -0.385. The Hall–Kier alpha value is -1.60. The van der Waals surface area contributed by atoms with Gasteiger partial charge in [0.25, 0.3) is 11.6 Å². The number of alkyl halides is 2. The van der Waals surface area contributed by atoms with Crippen LogP contribution in [-0.2, 0) is 11.0 Å². The maximum atomic E-state index is 14.1. The lowest BCUT2D eigenvalue weighted by atomic mass is 9.63. The van der Waals surface area contributed by atoms with Crippen molar-refractivity contribution in [2.45, 2.75) is 43.6 Å². The molecule has 0 radical (unpaired) electrons. The molecule has 2 rings (SSSR count). The van der Waals surface area contributed by atoms with Gasteiger partial charge in [0.1, 0.15) is 12.1 Å². The fourth-order valence-electron chi connectivity index (χ4n) is 2.91. The molecule has 1 unspecified atom stereocenters. The number of nitrogens with zero attached hydrogens (tertiary/aromatic N) is 1. The van der Waals surface area contributed by atoms with E-state index in [9.17, 15) is 18.9 Å². The molecular formula is C14H18F2N2O3. The third-order valence-electron chi connectivity index (χ3n) is 4.42. The Morgan fingerprint density at radius 1 is 1.38 bits per heavy atom. The van der Waals surface area contributed by atoms with Gasteiger partial charge < -0.3 is 10.8 Å². The Labute approximate surface area is 120 Å². The van der Waals surface area contributed by atoms with Crippen LogP contribution in [0.1, 0.15) is 37.8 Å². The fourth-order valence-corrected chi connectivity index (χ4v) is 2.91. The van der Waals surface area contributed by atoms with Gasteiger partial charge in [-0.15, -0.1) is 0 Å². The average molecular weight is 300 g/mol. The van der Waals surface area contributed by atoms with Crippen molar-refractivity contribution in [3.05, 3.63) is 39.4 Å². The lowest BCUT2D eigenvalue weighted by Crippen LogP contribution is -2.58. The second kappa shape index (κ2) is 4.71. The Kier molecular flexibility index (Phi) is 3.54. The molecule has 0 saturated heterocycles. The summed E-state index contributed by atoms with van der Waals surface area (Å²) in [5, 5.41) is 19.9. The summed E-state index contributed by atoms with van der Waals surface area (Å²) in [5.41, 5.74) is 3.74. The summed E-state index contributed by atoms with van der Waals surface area (Å²) in [6.45, 7) is 2.37. The summed E-state index contributed by atoms with van der Waals surface area (Å²) in [6.07, 6.45) is 0.353. The second-order valence-electron chi connectivity index (χ2n) is 6.20. The van der Waals surface area contributed by atoms with Crippen LogP contribution >= 0.6 is 0 Å². The Balaban J connectivity index is 2.72. The molecule has 0 bridgehead atoms. The van der Waals surface area contributed by atoms with E-state index in [0.717, 1.165) is 6.07 Å². The van der Waals surface area contributed by atoms with E-state index < -0.39 is 28.4 Å². The zero-order chi connectivity index (χ0) is 16.1. The highest BCUT2D eigenvalue weighted by Gasteiger charge is 2.56. The molecule has 116 valence electrons. The van der Waals surface area contributed by atoms with Gasteiger partial charge >= 0.3 is 0 Å². The molecule has 0 heterocycles. The molecule has 3 N–H and O–H groups in total. The van der Waals surface area contributed by atoms with Crippen molar-refractivity contribution in [2.24, 2.45) is 5.73 Å². The molecule has 5 nitrogen and oxygen atoms in total. The van der Waals surface area contributed by atoms with Gasteiger partial charge in [-0.05, 0) is 29.4 Å². The number of non-ortho nitro benzene ring substituents is 1. The molecule has 1 aromatic carbocycles. The van der Waals surface area contributed by atoms with Crippen LogP contribution in [0.15, 0.2) is 18.2 Å². The molecule has 0 spiro atoms. The number of aliphatic hydroxyl groups is 1. The number of aliphatic hydroxyl groups excluding tert-OH is 1. The highest BCUT2D eigenvalue weighted by Crippen LogP contribution is 2.50. The minimum Gasteiger partial charge on any atom is -0.390 e. The zero-order valence-electron chi connectivity index (χ0n) is 11.9. The summed E-state index contributed by atoms with van der Waals surface area (Å²) in [4.78, 5) is 10.3. The molecule has 1 aromatic rings. The molecule has 0 aromatic heterocycles.